The van der Waals surface area contributed by atoms with E-state index in [-0.39, 0.29) is 17.9 Å². The molecule has 2 aromatic carbocycles. The molecule has 2 rings (SSSR count). The number of carbonyl (C=O) groups excluding carboxylic acids is 3. The summed E-state index contributed by atoms with van der Waals surface area (Å²) >= 11 is 0. The number of nitrogens with zero attached hydrogens (tertiary/aromatic N) is 1. The smallest absolute Gasteiger partial charge is 0.328 e. The second-order valence-electron chi connectivity index (χ2n) is 5.79. The molecule has 1 atom stereocenters. The highest BCUT2D eigenvalue weighted by Crippen LogP contribution is 2.16. The molecule has 27 heavy (non-hydrogen) atoms. The van der Waals surface area contributed by atoms with Gasteiger partial charge in [0.2, 0.25) is 5.91 Å². The Labute approximate surface area is 156 Å². The minimum absolute atomic E-state index is 0.201. The molecule has 0 spiro atoms. The number of ether oxygens (including phenoxy) is 1. The standard InChI is InChI=1S/C20H19N3O4/c1-13(24)22-17-6-4-3-5-16(17)19(25)23-18(20(26)27-2)11-14-7-9-15(12-21)10-8-14/h3-10,18H,11H2,1-2H3,(H,22,24)(H,23,25)/t18-/m0/s1. The van der Waals surface area contributed by atoms with E-state index < -0.39 is 17.9 Å². The van der Waals surface area contributed by atoms with Crippen LogP contribution in [0.5, 0.6) is 0 Å². The Morgan fingerprint density at radius 1 is 1.11 bits per heavy atom. The van der Waals surface area contributed by atoms with E-state index in [1.165, 1.54) is 14.0 Å². The first-order chi connectivity index (χ1) is 12.9. The molecule has 138 valence electrons. The Morgan fingerprint density at radius 2 is 1.78 bits per heavy atom. The van der Waals surface area contributed by atoms with Crippen molar-refractivity contribution in [2.75, 3.05) is 12.4 Å². The summed E-state index contributed by atoms with van der Waals surface area (Å²) in [6.45, 7) is 1.34. The van der Waals surface area contributed by atoms with Crippen molar-refractivity contribution in [3.05, 3.63) is 65.2 Å². The highest BCUT2D eigenvalue weighted by atomic mass is 16.5. The van der Waals surface area contributed by atoms with Crippen molar-refractivity contribution in [2.24, 2.45) is 0 Å². The zero-order valence-corrected chi connectivity index (χ0v) is 15.0. The van der Waals surface area contributed by atoms with Crippen molar-refractivity contribution in [3.8, 4) is 6.07 Å². The van der Waals surface area contributed by atoms with Gasteiger partial charge in [-0.1, -0.05) is 24.3 Å². The van der Waals surface area contributed by atoms with Gasteiger partial charge in [0.1, 0.15) is 6.04 Å². The number of rotatable bonds is 6. The van der Waals surface area contributed by atoms with Crippen molar-refractivity contribution in [1.82, 2.24) is 5.32 Å². The Hall–Kier alpha value is -3.66. The fraction of sp³-hybridized carbons (Fsp3) is 0.200. The lowest BCUT2D eigenvalue weighted by Gasteiger charge is -2.18. The molecule has 2 N–H and O–H groups in total. The number of para-hydroxylation sites is 1. The third-order valence-corrected chi connectivity index (χ3v) is 3.80. The molecule has 2 amide bonds. The lowest BCUT2D eigenvalue weighted by Crippen LogP contribution is -2.43. The van der Waals surface area contributed by atoms with E-state index in [1.807, 2.05) is 6.07 Å². The van der Waals surface area contributed by atoms with Crippen LogP contribution in [0.15, 0.2) is 48.5 Å². The van der Waals surface area contributed by atoms with Gasteiger partial charge in [-0.15, -0.1) is 0 Å². The van der Waals surface area contributed by atoms with Gasteiger partial charge >= 0.3 is 5.97 Å². The predicted molar refractivity (Wildman–Crippen MR) is 98.9 cm³/mol. The van der Waals surface area contributed by atoms with E-state index in [4.69, 9.17) is 10.00 Å². The van der Waals surface area contributed by atoms with Gasteiger partial charge in [0.15, 0.2) is 0 Å². The maximum absolute atomic E-state index is 12.7. The van der Waals surface area contributed by atoms with Crippen LogP contribution in [-0.2, 0) is 20.7 Å². The number of amides is 2. The summed E-state index contributed by atoms with van der Waals surface area (Å²) in [5.41, 5.74) is 1.85. The van der Waals surface area contributed by atoms with E-state index in [1.54, 1.807) is 48.5 Å². The van der Waals surface area contributed by atoms with Crippen molar-refractivity contribution >= 4 is 23.5 Å². The molecule has 7 nitrogen and oxygen atoms in total. The molecule has 7 heteroatoms. The summed E-state index contributed by atoms with van der Waals surface area (Å²) in [7, 11) is 1.24. The van der Waals surface area contributed by atoms with Gasteiger partial charge in [-0.05, 0) is 29.8 Å². The maximum Gasteiger partial charge on any atom is 0.328 e. The molecular weight excluding hydrogens is 346 g/mol. The molecule has 0 aliphatic heterocycles. The molecule has 0 aromatic heterocycles. The highest BCUT2D eigenvalue weighted by molar-refractivity contribution is 6.04. The van der Waals surface area contributed by atoms with Crippen LogP contribution in [0.3, 0.4) is 0 Å². The fourth-order valence-electron chi connectivity index (χ4n) is 2.50. The highest BCUT2D eigenvalue weighted by Gasteiger charge is 2.24. The van der Waals surface area contributed by atoms with Crippen LogP contribution in [0.1, 0.15) is 28.4 Å². The van der Waals surface area contributed by atoms with Gasteiger partial charge < -0.3 is 15.4 Å². The number of carbonyl (C=O) groups is 3. The number of anilines is 1. The number of hydrogen-bond donors (Lipinski definition) is 2. The van der Waals surface area contributed by atoms with Gasteiger partial charge in [-0.3, -0.25) is 9.59 Å². The predicted octanol–water partition coefficient (Wildman–Crippen LogP) is 2.03. The van der Waals surface area contributed by atoms with Crippen LogP contribution >= 0.6 is 0 Å². The van der Waals surface area contributed by atoms with Crippen LogP contribution in [-0.4, -0.2) is 30.9 Å². The number of nitriles is 1. The van der Waals surface area contributed by atoms with Gasteiger partial charge in [0.25, 0.3) is 5.91 Å². The fourth-order valence-corrected chi connectivity index (χ4v) is 2.50. The monoisotopic (exact) mass is 365 g/mol. The average Bonchev–Trinajstić information content (AvgIpc) is 2.67. The van der Waals surface area contributed by atoms with Gasteiger partial charge in [-0.2, -0.15) is 5.26 Å². The summed E-state index contributed by atoms with van der Waals surface area (Å²) in [6.07, 6.45) is 0.201. The van der Waals surface area contributed by atoms with Crippen molar-refractivity contribution in [1.29, 1.82) is 5.26 Å². The Morgan fingerprint density at radius 3 is 2.37 bits per heavy atom. The second kappa shape index (κ2) is 9.15. The quantitative estimate of drug-likeness (QED) is 0.762. The molecule has 0 heterocycles. The maximum atomic E-state index is 12.7. The van der Waals surface area contributed by atoms with Crippen LogP contribution < -0.4 is 10.6 Å². The average molecular weight is 365 g/mol. The van der Waals surface area contributed by atoms with Crippen LogP contribution in [0.4, 0.5) is 5.69 Å². The Bertz CT molecular complexity index is 885. The van der Waals surface area contributed by atoms with E-state index >= 15 is 0 Å². The molecule has 0 fully saturated rings. The normalized spacial score (nSPS) is 11.0. The van der Waals surface area contributed by atoms with Gasteiger partial charge in [0.05, 0.1) is 30.0 Å². The van der Waals surface area contributed by atoms with Gasteiger partial charge in [-0.25, -0.2) is 4.79 Å². The lowest BCUT2D eigenvalue weighted by atomic mass is 10.0. The summed E-state index contributed by atoms with van der Waals surface area (Å²) in [4.78, 5) is 36.1. The van der Waals surface area contributed by atoms with Crippen molar-refractivity contribution < 1.29 is 19.1 Å². The van der Waals surface area contributed by atoms with Gasteiger partial charge in [0, 0.05) is 13.3 Å². The van der Waals surface area contributed by atoms with Crippen molar-refractivity contribution in [2.45, 2.75) is 19.4 Å². The summed E-state index contributed by atoms with van der Waals surface area (Å²) in [6, 6.07) is 14.3. The third kappa shape index (κ3) is 5.41. The molecule has 0 aliphatic rings. The van der Waals surface area contributed by atoms with E-state index in [0.29, 0.717) is 11.3 Å². The molecule has 2 aromatic rings. The summed E-state index contributed by atoms with van der Waals surface area (Å²) in [5, 5.41) is 14.1. The number of nitrogens with one attached hydrogen (secondary N) is 2. The SMILES string of the molecule is COC(=O)[C@H](Cc1ccc(C#N)cc1)NC(=O)c1ccccc1NC(C)=O. The molecule has 0 saturated heterocycles. The van der Waals surface area contributed by atoms with E-state index in [9.17, 15) is 14.4 Å². The second-order valence-corrected chi connectivity index (χ2v) is 5.79. The molecule has 0 saturated carbocycles. The van der Waals surface area contributed by atoms with E-state index in [0.717, 1.165) is 5.56 Å². The molecule has 0 radical (unpaired) electrons. The largest absolute Gasteiger partial charge is 0.467 e. The molecule has 0 bridgehead atoms. The zero-order chi connectivity index (χ0) is 19.8. The Kier molecular flexibility index (Phi) is 6.67. The summed E-state index contributed by atoms with van der Waals surface area (Å²) in [5.74, 6) is -1.41. The number of methoxy groups -OCH3 is 1. The first-order valence-corrected chi connectivity index (χ1v) is 8.19. The first-order valence-electron chi connectivity index (χ1n) is 8.19. The number of hydrogen-bond acceptors (Lipinski definition) is 5. The lowest BCUT2D eigenvalue weighted by molar-refractivity contribution is -0.142. The third-order valence-electron chi connectivity index (χ3n) is 3.80. The number of esters is 1. The van der Waals surface area contributed by atoms with Crippen LogP contribution in [0.2, 0.25) is 0 Å². The molecule has 0 unspecified atom stereocenters. The Balaban J connectivity index is 2.20. The van der Waals surface area contributed by atoms with Crippen LogP contribution in [0.25, 0.3) is 0 Å². The number of benzene rings is 2. The minimum atomic E-state index is -0.916. The zero-order valence-electron chi connectivity index (χ0n) is 15.0. The van der Waals surface area contributed by atoms with Crippen LogP contribution in [0, 0.1) is 11.3 Å². The summed E-state index contributed by atoms with van der Waals surface area (Å²) < 4.78 is 4.79. The van der Waals surface area contributed by atoms with Crippen molar-refractivity contribution in [3.63, 3.8) is 0 Å². The topological polar surface area (TPSA) is 108 Å². The molecular formula is C20H19N3O4. The first kappa shape index (κ1) is 19.7. The van der Waals surface area contributed by atoms with E-state index in [2.05, 4.69) is 10.6 Å². The molecule has 0 aliphatic carbocycles. The minimum Gasteiger partial charge on any atom is -0.467 e.